The topological polar surface area (TPSA) is 60.6 Å². The van der Waals surface area contributed by atoms with Gasteiger partial charge in [-0.1, -0.05) is 6.07 Å². The second-order valence-electron chi connectivity index (χ2n) is 6.60. The zero-order valence-electron chi connectivity index (χ0n) is 15.7. The lowest BCUT2D eigenvalue weighted by Crippen LogP contribution is -2.27. The minimum atomic E-state index is 0.0228. The Hall–Kier alpha value is -2.38. The van der Waals surface area contributed by atoms with Gasteiger partial charge in [0.25, 0.3) is 5.89 Å². The zero-order chi connectivity index (χ0) is 18.8. The van der Waals surface area contributed by atoms with Crippen LogP contribution in [-0.2, 0) is 0 Å². The van der Waals surface area contributed by atoms with E-state index in [1.807, 2.05) is 29.6 Å². The molecule has 7 heteroatoms. The van der Waals surface area contributed by atoms with E-state index >= 15 is 0 Å². The molecule has 0 saturated carbocycles. The van der Waals surface area contributed by atoms with Crippen molar-refractivity contribution >= 4 is 11.3 Å². The summed E-state index contributed by atoms with van der Waals surface area (Å²) in [6.07, 6.45) is 2.17. The summed E-state index contributed by atoms with van der Waals surface area (Å²) in [5, 5.41) is 10.6. The lowest BCUT2D eigenvalue weighted by atomic mass is 10.0. The van der Waals surface area contributed by atoms with Crippen LogP contribution in [0.4, 0.5) is 0 Å². The number of thiophene rings is 1. The summed E-state index contributed by atoms with van der Waals surface area (Å²) in [5.74, 6) is 2.95. The number of likely N-dealkylation sites (tertiary alicyclic amines) is 1. The van der Waals surface area contributed by atoms with Crippen LogP contribution in [-0.4, -0.2) is 35.9 Å². The van der Waals surface area contributed by atoms with Gasteiger partial charge >= 0.3 is 0 Å². The number of ether oxygens (including phenoxy) is 2. The van der Waals surface area contributed by atoms with Crippen molar-refractivity contribution in [2.45, 2.75) is 31.8 Å². The molecule has 1 fully saturated rings. The summed E-state index contributed by atoms with van der Waals surface area (Å²) in [6, 6.07) is 10.2. The highest BCUT2D eigenvalue weighted by atomic mass is 32.1. The van der Waals surface area contributed by atoms with Crippen LogP contribution in [0, 0.1) is 0 Å². The first kappa shape index (κ1) is 18.0. The number of nitrogens with zero attached hydrogens (tertiary/aromatic N) is 3. The average Bonchev–Trinajstić information content (AvgIpc) is 3.47. The van der Waals surface area contributed by atoms with E-state index in [2.05, 4.69) is 28.1 Å². The molecule has 0 aliphatic carbocycles. The van der Waals surface area contributed by atoms with Gasteiger partial charge in [-0.05, 0) is 56.0 Å². The predicted octanol–water partition coefficient (Wildman–Crippen LogP) is 4.71. The molecule has 0 radical (unpaired) electrons. The van der Waals surface area contributed by atoms with Gasteiger partial charge in [-0.15, -0.1) is 21.5 Å². The van der Waals surface area contributed by atoms with Gasteiger partial charge in [0.2, 0.25) is 5.89 Å². The van der Waals surface area contributed by atoms with Crippen LogP contribution in [0.5, 0.6) is 11.5 Å². The van der Waals surface area contributed by atoms with Gasteiger partial charge in [-0.25, -0.2) is 0 Å². The number of benzene rings is 1. The number of hydrogen-bond acceptors (Lipinski definition) is 7. The molecule has 1 aromatic carbocycles. The summed E-state index contributed by atoms with van der Waals surface area (Å²) >= 11 is 1.60. The molecule has 2 atom stereocenters. The quantitative estimate of drug-likeness (QED) is 0.612. The molecule has 142 valence electrons. The molecule has 0 unspecified atom stereocenters. The van der Waals surface area contributed by atoms with Crippen LogP contribution >= 0.6 is 11.3 Å². The van der Waals surface area contributed by atoms with Gasteiger partial charge in [0, 0.05) is 11.6 Å². The molecule has 0 spiro atoms. The lowest BCUT2D eigenvalue weighted by Gasteiger charge is -2.29. The number of rotatable bonds is 6. The summed E-state index contributed by atoms with van der Waals surface area (Å²) in [4.78, 5) is 3.40. The Balaban J connectivity index is 1.62. The summed E-state index contributed by atoms with van der Waals surface area (Å²) in [7, 11) is 3.39. The van der Waals surface area contributed by atoms with Gasteiger partial charge in [0.1, 0.15) is 11.5 Å². The van der Waals surface area contributed by atoms with Crippen molar-refractivity contribution in [2.24, 2.45) is 0 Å². The fourth-order valence-electron chi connectivity index (χ4n) is 3.73. The fraction of sp³-hybridized carbons (Fsp3) is 0.400. The first-order chi connectivity index (χ1) is 13.2. The van der Waals surface area contributed by atoms with E-state index in [1.165, 1.54) is 0 Å². The molecule has 1 aliphatic rings. The SMILES string of the molecule is COc1ccc(OC)c([C@@H]2CCCN2[C@H](C)c2nnc(-c3cccs3)o2)c1. The lowest BCUT2D eigenvalue weighted by molar-refractivity contribution is 0.166. The summed E-state index contributed by atoms with van der Waals surface area (Å²) in [5.41, 5.74) is 1.14. The Bertz CT molecular complexity index is 894. The van der Waals surface area contributed by atoms with E-state index in [1.54, 1.807) is 25.6 Å². The van der Waals surface area contributed by atoms with Crippen LogP contribution in [0.1, 0.15) is 43.3 Å². The first-order valence-corrected chi connectivity index (χ1v) is 9.94. The summed E-state index contributed by atoms with van der Waals surface area (Å²) in [6.45, 7) is 3.10. The maximum Gasteiger partial charge on any atom is 0.257 e. The molecule has 3 aromatic rings. The van der Waals surface area contributed by atoms with E-state index in [0.29, 0.717) is 11.8 Å². The molecular formula is C20H23N3O3S. The Morgan fingerprint density at radius 3 is 2.85 bits per heavy atom. The van der Waals surface area contributed by atoms with E-state index in [-0.39, 0.29) is 12.1 Å². The third-order valence-electron chi connectivity index (χ3n) is 5.12. The number of aromatic nitrogens is 2. The van der Waals surface area contributed by atoms with Crippen molar-refractivity contribution < 1.29 is 13.9 Å². The Kier molecular flexibility index (Phi) is 5.13. The van der Waals surface area contributed by atoms with Crippen molar-refractivity contribution in [3.8, 4) is 22.3 Å². The van der Waals surface area contributed by atoms with E-state index in [9.17, 15) is 0 Å². The highest BCUT2D eigenvalue weighted by Gasteiger charge is 2.34. The van der Waals surface area contributed by atoms with Crippen molar-refractivity contribution in [2.75, 3.05) is 20.8 Å². The molecular weight excluding hydrogens is 362 g/mol. The molecule has 1 saturated heterocycles. The Morgan fingerprint density at radius 1 is 1.22 bits per heavy atom. The minimum Gasteiger partial charge on any atom is -0.497 e. The Morgan fingerprint density at radius 2 is 2.11 bits per heavy atom. The number of hydrogen-bond donors (Lipinski definition) is 0. The van der Waals surface area contributed by atoms with E-state index < -0.39 is 0 Å². The van der Waals surface area contributed by atoms with Crippen molar-refractivity contribution in [3.63, 3.8) is 0 Å². The fourth-order valence-corrected chi connectivity index (χ4v) is 4.38. The van der Waals surface area contributed by atoms with E-state index in [4.69, 9.17) is 13.9 Å². The minimum absolute atomic E-state index is 0.0228. The molecule has 1 aliphatic heterocycles. The van der Waals surface area contributed by atoms with Crippen LogP contribution in [0.2, 0.25) is 0 Å². The predicted molar refractivity (Wildman–Crippen MR) is 104 cm³/mol. The average molecular weight is 385 g/mol. The second kappa shape index (κ2) is 7.70. The second-order valence-corrected chi connectivity index (χ2v) is 7.55. The highest BCUT2D eigenvalue weighted by Crippen LogP contribution is 2.43. The highest BCUT2D eigenvalue weighted by molar-refractivity contribution is 7.13. The maximum absolute atomic E-state index is 5.98. The number of methoxy groups -OCH3 is 2. The smallest absolute Gasteiger partial charge is 0.257 e. The van der Waals surface area contributed by atoms with Crippen LogP contribution < -0.4 is 9.47 Å². The molecule has 0 N–H and O–H groups in total. The maximum atomic E-state index is 5.98. The monoisotopic (exact) mass is 385 g/mol. The van der Waals surface area contributed by atoms with Crippen molar-refractivity contribution in [3.05, 3.63) is 47.2 Å². The van der Waals surface area contributed by atoms with Gasteiger partial charge in [0.15, 0.2) is 0 Å². The largest absolute Gasteiger partial charge is 0.497 e. The third kappa shape index (κ3) is 3.44. The molecule has 4 rings (SSSR count). The zero-order valence-corrected chi connectivity index (χ0v) is 16.5. The summed E-state index contributed by atoms with van der Waals surface area (Å²) < 4.78 is 17.0. The van der Waals surface area contributed by atoms with Gasteiger partial charge in [0.05, 0.1) is 25.1 Å². The molecule has 0 amide bonds. The first-order valence-electron chi connectivity index (χ1n) is 9.06. The van der Waals surface area contributed by atoms with Crippen LogP contribution in [0.15, 0.2) is 40.1 Å². The van der Waals surface area contributed by atoms with Gasteiger partial charge < -0.3 is 13.9 Å². The molecule has 0 bridgehead atoms. The molecule has 3 heterocycles. The standard InChI is InChI=1S/C20H23N3O3S/c1-13(19-21-22-20(26-19)18-7-5-11-27-18)23-10-4-6-16(23)15-12-14(24-2)8-9-17(15)25-3/h5,7-9,11-13,16H,4,6,10H2,1-3H3/t13-,16+/m1/s1. The van der Waals surface area contributed by atoms with Gasteiger partial charge in [-0.3, -0.25) is 4.90 Å². The molecule has 6 nitrogen and oxygen atoms in total. The van der Waals surface area contributed by atoms with Crippen LogP contribution in [0.25, 0.3) is 10.8 Å². The molecule has 2 aromatic heterocycles. The third-order valence-corrected chi connectivity index (χ3v) is 5.98. The molecule has 27 heavy (non-hydrogen) atoms. The normalized spacial score (nSPS) is 18.6. The Labute approximate surface area is 162 Å². The van der Waals surface area contributed by atoms with E-state index in [0.717, 1.165) is 41.3 Å². The van der Waals surface area contributed by atoms with Crippen molar-refractivity contribution in [1.29, 1.82) is 0 Å². The van der Waals surface area contributed by atoms with Crippen molar-refractivity contribution in [1.82, 2.24) is 15.1 Å². The van der Waals surface area contributed by atoms with Crippen LogP contribution in [0.3, 0.4) is 0 Å². The van der Waals surface area contributed by atoms with Gasteiger partial charge in [-0.2, -0.15) is 0 Å².